The van der Waals surface area contributed by atoms with Gasteiger partial charge in [0, 0.05) is 10.9 Å². The third-order valence-corrected chi connectivity index (χ3v) is 2.97. The van der Waals surface area contributed by atoms with E-state index < -0.39 is 12.2 Å². The molecule has 16 heavy (non-hydrogen) atoms. The Labute approximate surface area is 103 Å². The molecule has 2 N–H and O–H groups in total. The van der Waals surface area contributed by atoms with E-state index in [1.807, 2.05) is 6.92 Å². The molecule has 0 aliphatic rings. The fourth-order valence-electron chi connectivity index (χ4n) is 1.54. The van der Waals surface area contributed by atoms with E-state index in [1.54, 1.807) is 12.1 Å². The van der Waals surface area contributed by atoms with E-state index in [2.05, 4.69) is 15.9 Å². The van der Waals surface area contributed by atoms with Crippen molar-refractivity contribution < 1.29 is 14.6 Å². The first-order chi connectivity index (χ1) is 7.54. The Balaban J connectivity index is 2.65. The molecule has 0 amide bonds. The highest BCUT2D eigenvalue weighted by Gasteiger charge is 2.17. The zero-order valence-corrected chi connectivity index (χ0v) is 10.7. The van der Waals surface area contributed by atoms with Crippen molar-refractivity contribution in [2.24, 2.45) is 0 Å². The molecule has 2 atom stereocenters. The Morgan fingerprint density at radius 2 is 2.00 bits per heavy atom. The van der Waals surface area contributed by atoms with Crippen LogP contribution in [0.2, 0.25) is 0 Å². The summed E-state index contributed by atoms with van der Waals surface area (Å²) in [5.74, 6) is -0.364. The Hall–Kier alpha value is -0.450. The van der Waals surface area contributed by atoms with Gasteiger partial charge in [-0.25, -0.2) is 4.39 Å². The van der Waals surface area contributed by atoms with Crippen LogP contribution in [-0.2, 0) is 6.42 Å². The average Bonchev–Trinajstić information content (AvgIpc) is 2.22. The first-order valence-corrected chi connectivity index (χ1v) is 6.14. The van der Waals surface area contributed by atoms with Crippen molar-refractivity contribution >= 4 is 15.9 Å². The molecule has 0 spiro atoms. The minimum Gasteiger partial charge on any atom is -0.390 e. The summed E-state index contributed by atoms with van der Waals surface area (Å²) in [6.45, 7) is 1.93. The van der Waals surface area contributed by atoms with E-state index in [9.17, 15) is 14.6 Å². The molecule has 2 nitrogen and oxygen atoms in total. The first-order valence-electron chi connectivity index (χ1n) is 5.34. The zero-order chi connectivity index (χ0) is 12.1. The van der Waals surface area contributed by atoms with Crippen molar-refractivity contribution in [1.82, 2.24) is 0 Å². The molecule has 0 bridgehead atoms. The van der Waals surface area contributed by atoms with E-state index in [-0.39, 0.29) is 12.2 Å². The summed E-state index contributed by atoms with van der Waals surface area (Å²) in [5, 5.41) is 19.2. The van der Waals surface area contributed by atoms with Gasteiger partial charge in [-0.05, 0) is 24.1 Å². The standard InChI is InChI=1S/C12H16BrFO2/c1-2-3-11(15)12(16)6-8-4-5-9(13)7-10(8)14/h4-5,7,11-12,15-16H,2-3,6H2,1H3. The summed E-state index contributed by atoms with van der Waals surface area (Å²) in [6.07, 6.45) is -0.232. The van der Waals surface area contributed by atoms with Gasteiger partial charge in [0.05, 0.1) is 12.2 Å². The van der Waals surface area contributed by atoms with Crippen molar-refractivity contribution in [2.45, 2.75) is 38.4 Å². The number of rotatable bonds is 5. The van der Waals surface area contributed by atoms with Crippen LogP contribution in [0.25, 0.3) is 0 Å². The molecule has 0 fully saturated rings. The number of benzene rings is 1. The predicted molar refractivity (Wildman–Crippen MR) is 64.7 cm³/mol. The van der Waals surface area contributed by atoms with Gasteiger partial charge >= 0.3 is 0 Å². The molecule has 0 aliphatic carbocycles. The molecule has 0 saturated heterocycles. The summed E-state index contributed by atoms with van der Waals surface area (Å²) >= 11 is 3.16. The fourth-order valence-corrected chi connectivity index (χ4v) is 1.87. The second kappa shape index (κ2) is 6.33. The number of hydrogen-bond acceptors (Lipinski definition) is 2. The lowest BCUT2D eigenvalue weighted by molar-refractivity contribution is 0.0144. The largest absolute Gasteiger partial charge is 0.390 e. The molecule has 0 saturated carbocycles. The second-order valence-electron chi connectivity index (χ2n) is 3.86. The van der Waals surface area contributed by atoms with Crippen molar-refractivity contribution in [1.29, 1.82) is 0 Å². The van der Waals surface area contributed by atoms with Gasteiger partial charge in [0.15, 0.2) is 0 Å². The maximum Gasteiger partial charge on any atom is 0.127 e. The molecule has 0 aliphatic heterocycles. The molecule has 1 aromatic carbocycles. The minimum absolute atomic E-state index is 0.139. The maximum atomic E-state index is 13.4. The van der Waals surface area contributed by atoms with Crippen LogP contribution in [-0.4, -0.2) is 22.4 Å². The van der Waals surface area contributed by atoms with E-state index >= 15 is 0 Å². The summed E-state index contributed by atoms with van der Waals surface area (Å²) in [5.41, 5.74) is 0.422. The quantitative estimate of drug-likeness (QED) is 0.875. The summed E-state index contributed by atoms with van der Waals surface area (Å²) in [6, 6.07) is 4.69. The highest BCUT2D eigenvalue weighted by atomic mass is 79.9. The van der Waals surface area contributed by atoms with Crippen molar-refractivity contribution in [3.05, 3.63) is 34.1 Å². The molecular weight excluding hydrogens is 275 g/mol. The topological polar surface area (TPSA) is 40.5 Å². The highest BCUT2D eigenvalue weighted by molar-refractivity contribution is 9.10. The van der Waals surface area contributed by atoms with Crippen LogP contribution in [0.1, 0.15) is 25.3 Å². The Morgan fingerprint density at radius 3 is 2.56 bits per heavy atom. The lowest BCUT2D eigenvalue weighted by Gasteiger charge is -2.17. The van der Waals surface area contributed by atoms with Gasteiger partial charge in [-0.2, -0.15) is 0 Å². The van der Waals surface area contributed by atoms with Gasteiger partial charge in [-0.1, -0.05) is 35.3 Å². The van der Waals surface area contributed by atoms with Crippen LogP contribution in [0.3, 0.4) is 0 Å². The molecule has 0 aromatic heterocycles. The normalized spacial score (nSPS) is 14.8. The van der Waals surface area contributed by atoms with Crippen molar-refractivity contribution in [3.63, 3.8) is 0 Å². The number of aliphatic hydroxyl groups excluding tert-OH is 2. The smallest absolute Gasteiger partial charge is 0.127 e. The fraction of sp³-hybridized carbons (Fsp3) is 0.500. The molecule has 1 rings (SSSR count). The number of aliphatic hydroxyl groups is 2. The summed E-state index contributed by atoms with van der Waals surface area (Å²) in [4.78, 5) is 0. The zero-order valence-electron chi connectivity index (χ0n) is 9.16. The second-order valence-corrected chi connectivity index (χ2v) is 4.78. The minimum atomic E-state index is -0.907. The summed E-state index contributed by atoms with van der Waals surface area (Å²) < 4.78 is 14.1. The Morgan fingerprint density at radius 1 is 1.31 bits per heavy atom. The third kappa shape index (κ3) is 3.85. The SMILES string of the molecule is CCCC(O)C(O)Cc1ccc(Br)cc1F. The van der Waals surface area contributed by atoms with Gasteiger partial charge in [0.2, 0.25) is 0 Å². The number of halogens is 2. The molecule has 0 heterocycles. The van der Waals surface area contributed by atoms with Crippen molar-refractivity contribution in [2.75, 3.05) is 0 Å². The molecule has 0 radical (unpaired) electrons. The van der Waals surface area contributed by atoms with Crippen LogP contribution in [0, 0.1) is 5.82 Å². The van der Waals surface area contributed by atoms with Crippen LogP contribution in [0.5, 0.6) is 0 Å². The summed E-state index contributed by atoms with van der Waals surface area (Å²) in [7, 11) is 0. The van der Waals surface area contributed by atoms with Gasteiger partial charge in [0.25, 0.3) is 0 Å². The molecule has 1 aromatic rings. The maximum absolute atomic E-state index is 13.4. The predicted octanol–water partition coefficient (Wildman–Crippen LogP) is 2.65. The lowest BCUT2D eigenvalue weighted by atomic mass is 10.0. The molecule has 4 heteroatoms. The molecule has 90 valence electrons. The highest BCUT2D eigenvalue weighted by Crippen LogP contribution is 2.18. The Kier molecular flexibility index (Phi) is 5.38. The number of hydrogen-bond donors (Lipinski definition) is 2. The van der Waals surface area contributed by atoms with Gasteiger partial charge in [0.1, 0.15) is 5.82 Å². The first kappa shape index (κ1) is 13.6. The van der Waals surface area contributed by atoms with Gasteiger partial charge in [-0.15, -0.1) is 0 Å². The monoisotopic (exact) mass is 290 g/mol. The third-order valence-electron chi connectivity index (χ3n) is 2.47. The average molecular weight is 291 g/mol. The van der Waals surface area contributed by atoms with Gasteiger partial charge in [-0.3, -0.25) is 0 Å². The van der Waals surface area contributed by atoms with Crippen LogP contribution in [0.15, 0.2) is 22.7 Å². The molecular formula is C12H16BrFO2. The Bertz CT molecular complexity index is 344. The lowest BCUT2D eigenvalue weighted by Crippen LogP contribution is -2.28. The van der Waals surface area contributed by atoms with E-state index in [4.69, 9.17) is 0 Å². The van der Waals surface area contributed by atoms with E-state index in [0.29, 0.717) is 16.5 Å². The van der Waals surface area contributed by atoms with Gasteiger partial charge < -0.3 is 10.2 Å². The van der Waals surface area contributed by atoms with Crippen LogP contribution < -0.4 is 0 Å². The molecule has 2 unspecified atom stereocenters. The van der Waals surface area contributed by atoms with E-state index in [1.165, 1.54) is 6.07 Å². The van der Waals surface area contributed by atoms with E-state index in [0.717, 1.165) is 6.42 Å². The van der Waals surface area contributed by atoms with Crippen LogP contribution >= 0.6 is 15.9 Å². The van der Waals surface area contributed by atoms with Crippen molar-refractivity contribution in [3.8, 4) is 0 Å². The van der Waals surface area contributed by atoms with Crippen LogP contribution in [0.4, 0.5) is 4.39 Å².